The fraction of sp³-hybridized carbons (Fsp3) is 0.667. The molecule has 0 saturated heterocycles. The molecule has 2 N–H and O–H groups in total. The van der Waals surface area contributed by atoms with Crippen LogP contribution in [0.2, 0.25) is 0 Å². The van der Waals surface area contributed by atoms with Crippen molar-refractivity contribution in [2.45, 2.75) is 19.1 Å². The summed E-state index contributed by atoms with van der Waals surface area (Å²) in [6, 6.07) is 0. The summed E-state index contributed by atoms with van der Waals surface area (Å²) in [7, 11) is 4.66. The number of nitrogens with one attached hydrogen (secondary N) is 1. The van der Waals surface area contributed by atoms with Crippen molar-refractivity contribution < 1.29 is 19.3 Å². The molecule has 0 saturated carbocycles. The Balaban J connectivity index is 2.48. The third-order valence-electron chi connectivity index (χ3n) is 2.57. The SMILES string of the molecule is COCC(O)CCNCc1c(OC)ncnc1OC. The standard InChI is InChI=1S/C12H21N3O4/c1-17-7-9(16)4-5-13-6-10-11(18-2)14-8-15-12(10)19-3/h8-9,13,16H,4-7H2,1-3H3. The van der Waals surface area contributed by atoms with Crippen LogP contribution in [0.3, 0.4) is 0 Å². The maximum Gasteiger partial charge on any atom is 0.224 e. The lowest BCUT2D eigenvalue weighted by molar-refractivity contribution is 0.0594. The first-order valence-electron chi connectivity index (χ1n) is 6.02. The normalized spacial score (nSPS) is 12.2. The van der Waals surface area contributed by atoms with Crippen molar-refractivity contribution >= 4 is 0 Å². The van der Waals surface area contributed by atoms with E-state index in [1.807, 2.05) is 0 Å². The van der Waals surface area contributed by atoms with E-state index in [0.29, 0.717) is 37.9 Å². The minimum Gasteiger partial charge on any atom is -0.481 e. The van der Waals surface area contributed by atoms with Crippen molar-refractivity contribution in [2.24, 2.45) is 0 Å². The summed E-state index contributed by atoms with van der Waals surface area (Å²) in [4.78, 5) is 8.05. The van der Waals surface area contributed by atoms with E-state index in [9.17, 15) is 5.11 Å². The van der Waals surface area contributed by atoms with Gasteiger partial charge in [0.25, 0.3) is 0 Å². The maximum atomic E-state index is 9.51. The first-order valence-corrected chi connectivity index (χ1v) is 6.02. The van der Waals surface area contributed by atoms with Gasteiger partial charge in [0.2, 0.25) is 11.8 Å². The van der Waals surface area contributed by atoms with Gasteiger partial charge in [-0.2, -0.15) is 0 Å². The highest BCUT2D eigenvalue weighted by Gasteiger charge is 2.12. The number of methoxy groups -OCH3 is 3. The van der Waals surface area contributed by atoms with Crippen LogP contribution in [-0.4, -0.2) is 55.7 Å². The monoisotopic (exact) mass is 271 g/mol. The Bertz CT molecular complexity index is 354. The fourth-order valence-electron chi connectivity index (χ4n) is 1.64. The van der Waals surface area contributed by atoms with Crippen molar-refractivity contribution in [3.05, 3.63) is 11.9 Å². The van der Waals surface area contributed by atoms with Crippen LogP contribution in [0.4, 0.5) is 0 Å². The van der Waals surface area contributed by atoms with E-state index in [-0.39, 0.29) is 0 Å². The molecule has 1 rings (SSSR count). The van der Waals surface area contributed by atoms with Gasteiger partial charge in [-0.05, 0) is 13.0 Å². The Morgan fingerprint density at radius 3 is 2.37 bits per heavy atom. The van der Waals surface area contributed by atoms with Crippen LogP contribution in [-0.2, 0) is 11.3 Å². The number of aliphatic hydroxyl groups excluding tert-OH is 1. The van der Waals surface area contributed by atoms with Gasteiger partial charge in [-0.1, -0.05) is 0 Å². The van der Waals surface area contributed by atoms with Crippen LogP contribution >= 0.6 is 0 Å². The molecule has 0 bridgehead atoms. The van der Waals surface area contributed by atoms with Crippen LogP contribution in [0.5, 0.6) is 11.8 Å². The number of nitrogens with zero attached hydrogens (tertiary/aromatic N) is 2. The molecule has 1 aromatic rings. The molecule has 7 heteroatoms. The molecule has 108 valence electrons. The summed E-state index contributed by atoms with van der Waals surface area (Å²) in [6.07, 6.45) is 1.53. The quantitative estimate of drug-likeness (QED) is 0.610. The second-order valence-electron chi connectivity index (χ2n) is 3.95. The Kier molecular flexibility index (Phi) is 7.09. The number of aliphatic hydroxyl groups is 1. The average molecular weight is 271 g/mol. The lowest BCUT2D eigenvalue weighted by Crippen LogP contribution is -2.23. The van der Waals surface area contributed by atoms with Gasteiger partial charge < -0.3 is 24.6 Å². The Labute approximate surface area is 112 Å². The molecular weight excluding hydrogens is 250 g/mol. The van der Waals surface area contributed by atoms with Gasteiger partial charge in [0, 0.05) is 13.7 Å². The van der Waals surface area contributed by atoms with E-state index in [1.165, 1.54) is 6.33 Å². The van der Waals surface area contributed by atoms with Crippen LogP contribution in [0.15, 0.2) is 6.33 Å². The van der Waals surface area contributed by atoms with Gasteiger partial charge in [0.1, 0.15) is 6.33 Å². The van der Waals surface area contributed by atoms with Gasteiger partial charge in [0.05, 0.1) is 32.5 Å². The number of hydrogen-bond donors (Lipinski definition) is 2. The molecule has 7 nitrogen and oxygen atoms in total. The van der Waals surface area contributed by atoms with Gasteiger partial charge >= 0.3 is 0 Å². The largest absolute Gasteiger partial charge is 0.481 e. The highest BCUT2D eigenvalue weighted by Crippen LogP contribution is 2.22. The van der Waals surface area contributed by atoms with Crippen LogP contribution in [0, 0.1) is 0 Å². The topological polar surface area (TPSA) is 85.7 Å². The summed E-state index contributed by atoms with van der Waals surface area (Å²) in [5, 5.41) is 12.7. The summed E-state index contributed by atoms with van der Waals surface area (Å²) >= 11 is 0. The lowest BCUT2D eigenvalue weighted by Gasteiger charge is -2.13. The first-order chi connectivity index (χ1) is 9.22. The van der Waals surface area contributed by atoms with Crippen molar-refractivity contribution in [1.29, 1.82) is 0 Å². The average Bonchev–Trinajstić information content (AvgIpc) is 2.43. The van der Waals surface area contributed by atoms with E-state index < -0.39 is 6.10 Å². The number of hydrogen-bond acceptors (Lipinski definition) is 7. The minimum absolute atomic E-state index is 0.336. The predicted octanol–water partition coefficient (Wildman–Crippen LogP) is -0.0192. The lowest BCUT2D eigenvalue weighted by atomic mass is 10.2. The molecule has 0 radical (unpaired) electrons. The number of aromatic nitrogens is 2. The molecule has 0 fully saturated rings. The third-order valence-corrected chi connectivity index (χ3v) is 2.57. The molecule has 0 aliphatic heterocycles. The van der Waals surface area contributed by atoms with Gasteiger partial charge in [-0.25, -0.2) is 9.97 Å². The molecule has 0 spiro atoms. The summed E-state index contributed by atoms with van der Waals surface area (Å²) < 4.78 is 15.2. The van der Waals surface area contributed by atoms with Crippen LogP contribution in [0.25, 0.3) is 0 Å². The molecular formula is C12H21N3O4. The zero-order valence-electron chi connectivity index (χ0n) is 11.5. The molecule has 1 unspecified atom stereocenters. The van der Waals surface area contributed by atoms with Crippen molar-refractivity contribution in [2.75, 3.05) is 34.5 Å². The summed E-state index contributed by atoms with van der Waals surface area (Å²) in [6.45, 7) is 1.49. The highest BCUT2D eigenvalue weighted by molar-refractivity contribution is 5.34. The second kappa shape index (κ2) is 8.63. The first kappa shape index (κ1) is 15.6. The van der Waals surface area contributed by atoms with Crippen LogP contribution in [0.1, 0.15) is 12.0 Å². The Hall–Kier alpha value is -1.44. The highest BCUT2D eigenvalue weighted by atomic mass is 16.5. The molecule has 1 heterocycles. The van der Waals surface area contributed by atoms with E-state index in [2.05, 4.69) is 15.3 Å². The predicted molar refractivity (Wildman–Crippen MR) is 69.3 cm³/mol. The third kappa shape index (κ3) is 4.98. The molecule has 19 heavy (non-hydrogen) atoms. The van der Waals surface area contributed by atoms with Gasteiger partial charge in [0.15, 0.2) is 0 Å². The molecule has 0 amide bonds. The zero-order chi connectivity index (χ0) is 14.1. The van der Waals surface area contributed by atoms with Crippen molar-refractivity contribution in [3.8, 4) is 11.8 Å². The van der Waals surface area contributed by atoms with Crippen LogP contribution < -0.4 is 14.8 Å². The van der Waals surface area contributed by atoms with Gasteiger partial charge in [-0.3, -0.25) is 0 Å². The van der Waals surface area contributed by atoms with Gasteiger partial charge in [-0.15, -0.1) is 0 Å². The zero-order valence-corrected chi connectivity index (χ0v) is 11.5. The second-order valence-corrected chi connectivity index (χ2v) is 3.95. The number of ether oxygens (including phenoxy) is 3. The molecule has 0 aliphatic carbocycles. The van der Waals surface area contributed by atoms with E-state index >= 15 is 0 Å². The Morgan fingerprint density at radius 2 is 1.84 bits per heavy atom. The smallest absolute Gasteiger partial charge is 0.224 e. The maximum absolute atomic E-state index is 9.51. The summed E-state index contributed by atoms with van der Waals surface area (Å²) in [5.74, 6) is 0.966. The summed E-state index contributed by atoms with van der Waals surface area (Å²) in [5.41, 5.74) is 0.758. The molecule has 1 atom stereocenters. The van der Waals surface area contributed by atoms with Crippen molar-refractivity contribution in [1.82, 2.24) is 15.3 Å². The molecule has 0 aliphatic rings. The molecule has 1 aromatic heterocycles. The van der Waals surface area contributed by atoms with E-state index in [4.69, 9.17) is 14.2 Å². The fourth-order valence-corrected chi connectivity index (χ4v) is 1.64. The molecule has 0 aromatic carbocycles. The minimum atomic E-state index is -0.465. The van der Waals surface area contributed by atoms with E-state index in [1.54, 1.807) is 21.3 Å². The number of rotatable bonds is 9. The Morgan fingerprint density at radius 1 is 1.21 bits per heavy atom. The van der Waals surface area contributed by atoms with E-state index in [0.717, 1.165) is 5.56 Å². The van der Waals surface area contributed by atoms with Crippen molar-refractivity contribution in [3.63, 3.8) is 0 Å².